The van der Waals surface area contributed by atoms with Crippen LogP contribution in [0.2, 0.25) is 0 Å². The number of aromatic nitrogens is 2. The van der Waals surface area contributed by atoms with Crippen LogP contribution in [0.3, 0.4) is 0 Å². The molecule has 0 aliphatic rings. The highest BCUT2D eigenvalue weighted by molar-refractivity contribution is 7.20. The third-order valence-electron chi connectivity index (χ3n) is 12.5. The van der Waals surface area contributed by atoms with Crippen molar-refractivity contribution in [1.29, 1.82) is 0 Å². The maximum absolute atomic E-state index is 14.2. The van der Waals surface area contributed by atoms with Gasteiger partial charge in [0, 0.05) is 11.1 Å². The molecule has 0 N–H and O–H groups in total. The first-order valence-corrected chi connectivity index (χ1v) is 22.8. The predicted octanol–water partition coefficient (Wildman–Crippen LogP) is 15.3. The van der Waals surface area contributed by atoms with Crippen LogP contribution in [0.25, 0.3) is 11.3 Å². The molecular formula is C53H33BF24N2O. The Morgan fingerprint density at radius 3 is 0.963 bits per heavy atom. The third-order valence-corrected chi connectivity index (χ3v) is 12.5. The van der Waals surface area contributed by atoms with Crippen molar-refractivity contribution in [1.82, 2.24) is 4.98 Å². The zero-order chi connectivity index (χ0) is 60.9. The molecule has 0 spiro atoms. The second-order valence-electron chi connectivity index (χ2n) is 18.4. The summed E-state index contributed by atoms with van der Waals surface area (Å²) < 4.78 is 343. The van der Waals surface area contributed by atoms with E-state index in [0.29, 0.717) is 12.5 Å². The Hall–Kier alpha value is -7.55. The molecule has 0 radical (unpaired) electrons. The van der Waals surface area contributed by atoms with Crippen LogP contribution in [0.4, 0.5) is 105 Å². The smallest absolute Gasteiger partial charge is 0.287 e. The zero-order valence-electron chi connectivity index (χ0n) is 40.6. The van der Waals surface area contributed by atoms with E-state index in [0.717, 1.165) is 16.8 Å². The highest BCUT2D eigenvalue weighted by atomic mass is 19.4. The Morgan fingerprint density at radius 2 is 0.704 bits per heavy atom. The van der Waals surface area contributed by atoms with E-state index in [4.69, 9.17) is 0 Å². The number of halogens is 24. The van der Waals surface area contributed by atoms with Crippen LogP contribution in [0, 0.1) is 0 Å². The van der Waals surface area contributed by atoms with E-state index in [2.05, 4.69) is 43.1 Å². The van der Waals surface area contributed by atoms with E-state index in [1.165, 1.54) is 5.56 Å². The summed E-state index contributed by atoms with van der Waals surface area (Å²) in [5.41, 5.74) is -26.2. The lowest BCUT2D eigenvalue weighted by Crippen LogP contribution is -2.75. The van der Waals surface area contributed by atoms with E-state index in [9.17, 15) is 110 Å². The largest absolute Gasteiger partial charge is 0.416 e. The average Bonchev–Trinajstić information content (AvgIpc) is 3.35. The quantitative estimate of drug-likeness (QED) is 0.0625. The number of hydrogen-bond acceptors (Lipinski definition) is 2. The maximum atomic E-state index is 14.2. The van der Waals surface area contributed by atoms with Gasteiger partial charge >= 0.3 is 49.4 Å². The van der Waals surface area contributed by atoms with Crippen molar-refractivity contribution in [3.8, 4) is 11.3 Å². The van der Waals surface area contributed by atoms with Crippen LogP contribution < -0.4 is 26.4 Å². The van der Waals surface area contributed by atoms with E-state index in [1.807, 2.05) is 47.3 Å². The van der Waals surface area contributed by atoms with Crippen molar-refractivity contribution in [3.63, 3.8) is 0 Å². The minimum atomic E-state index is -6.13. The van der Waals surface area contributed by atoms with Crippen molar-refractivity contribution >= 4 is 33.8 Å². The maximum Gasteiger partial charge on any atom is 0.416 e. The van der Waals surface area contributed by atoms with E-state index < -0.39 is 195 Å². The molecule has 1 heterocycles. The summed E-state index contributed by atoms with van der Waals surface area (Å²) >= 11 is 0. The summed E-state index contributed by atoms with van der Waals surface area (Å²) in [4.78, 5) is 16.8. The molecule has 0 saturated carbocycles. The second kappa shape index (κ2) is 22.1. The number of carbonyl (C=O) groups is 1. The SMILES string of the molecule is CC(C)c1ccc(-c2c[n+](CC(=O)c3ccccc3)ccn2)cc1.FC(F)(F)c1cc([B-](c2cc(C(F)(F)F)cc(C(F)(F)F)c2)(c2cc(C(F)(F)F)cc(C(F)(F)F)c2)c2cc(C(F)(F)F)cc(C(F)(F)F)c2)cc(C(F)(F)F)c1. The first-order valence-electron chi connectivity index (χ1n) is 22.8. The molecule has 0 atom stereocenters. The van der Waals surface area contributed by atoms with Crippen LogP contribution in [0.1, 0.15) is 80.2 Å². The van der Waals surface area contributed by atoms with E-state index in [-0.39, 0.29) is 5.78 Å². The molecule has 0 amide bonds. The number of nitrogens with zero attached hydrogens (tertiary/aromatic N) is 2. The molecule has 7 aromatic rings. The molecule has 0 aliphatic heterocycles. The number of alkyl halides is 24. The summed E-state index contributed by atoms with van der Waals surface area (Å²) in [6.07, 6.45) is -49.3. The normalized spacial score (nSPS) is 13.3. The molecule has 0 saturated heterocycles. The van der Waals surface area contributed by atoms with Crippen LogP contribution in [-0.4, -0.2) is 16.9 Å². The molecule has 432 valence electrons. The Bertz CT molecular complexity index is 2950. The first kappa shape index (κ1) is 62.6. The number of benzene rings is 6. The minimum Gasteiger partial charge on any atom is -0.287 e. The zero-order valence-corrected chi connectivity index (χ0v) is 40.6. The van der Waals surface area contributed by atoms with E-state index >= 15 is 0 Å². The molecule has 0 fully saturated rings. The topological polar surface area (TPSA) is 33.8 Å². The Morgan fingerprint density at radius 1 is 0.420 bits per heavy atom. The number of carbonyl (C=O) groups excluding carboxylic acids is 1. The summed E-state index contributed by atoms with van der Waals surface area (Å²) in [6.45, 7) is 4.67. The van der Waals surface area contributed by atoms with E-state index in [1.54, 1.807) is 6.20 Å². The lowest BCUT2D eigenvalue weighted by molar-refractivity contribution is -0.683. The van der Waals surface area contributed by atoms with Gasteiger partial charge in [-0.2, -0.15) is 132 Å². The summed E-state index contributed by atoms with van der Waals surface area (Å²) in [7, 11) is 0. The van der Waals surface area contributed by atoms with Gasteiger partial charge < -0.3 is 0 Å². The lowest BCUT2D eigenvalue weighted by atomic mass is 9.12. The number of ketones is 1. The molecule has 0 unspecified atom stereocenters. The fraction of sp³-hybridized carbons (Fsp3) is 0.226. The van der Waals surface area contributed by atoms with Crippen LogP contribution in [0.15, 0.2) is 146 Å². The van der Waals surface area contributed by atoms with Crippen molar-refractivity contribution < 1.29 is 115 Å². The first-order chi connectivity index (χ1) is 36.9. The number of rotatable bonds is 9. The van der Waals surface area contributed by atoms with Gasteiger partial charge in [0.1, 0.15) is 11.8 Å². The van der Waals surface area contributed by atoms with Crippen molar-refractivity contribution in [3.05, 3.63) is 202 Å². The van der Waals surface area contributed by atoms with Gasteiger partial charge in [0.2, 0.25) is 12.3 Å². The fourth-order valence-electron chi connectivity index (χ4n) is 8.67. The minimum absolute atomic E-state index is 0.0907. The average molecular weight is 1180 g/mol. The second-order valence-corrected chi connectivity index (χ2v) is 18.4. The van der Waals surface area contributed by atoms with Gasteiger partial charge in [-0.25, -0.2) is 4.98 Å². The molecule has 7 rings (SSSR count). The Balaban J connectivity index is 0.000000363. The molecule has 81 heavy (non-hydrogen) atoms. The highest BCUT2D eigenvalue weighted by Crippen LogP contribution is 2.41. The van der Waals surface area contributed by atoms with Crippen LogP contribution in [-0.2, 0) is 56.0 Å². The van der Waals surface area contributed by atoms with Crippen LogP contribution in [0.5, 0.6) is 0 Å². The van der Waals surface area contributed by atoms with Gasteiger partial charge in [-0.1, -0.05) is 117 Å². The summed E-state index contributed by atoms with van der Waals surface area (Å²) in [6, 6.07) is 8.98. The van der Waals surface area contributed by atoms with Crippen molar-refractivity contribution in [2.75, 3.05) is 0 Å². The molecule has 3 nitrogen and oxygen atoms in total. The molecule has 0 bridgehead atoms. The lowest BCUT2D eigenvalue weighted by Gasteiger charge is -2.46. The monoisotopic (exact) mass is 1180 g/mol. The fourth-order valence-corrected chi connectivity index (χ4v) is 8.67. The Labute approximate surface area is 441 Å². The molecule has 1 aromatic heterocycles. The van der Waals surface area contributed by atoms with Gasteiger partial charge in [-0.3, -0.25) is 4.79 Å². The molecule has 6 aromatic carbocycles. The number of Topliss-reactive ketones (excluding diaryl/α,β-unsaturated/α-hetero) is 1. The standard InChI is InChI=1S/C32H12BF24.C21H21N2O/c34-25(35,36)13-1-14(26(37,38)39)6-21(5-13)33(22-7-15(27(40,41)42)2-16(8-22)28(43,44)45,23-9-17(29(46,47)48)3-18(10-23)30(49,50)51)24-11-19(31(52,53)54)4-20(12-24)32(55,56)57;1-16(2)17-8-10-18(11-9-17)20-14-23(13-12-22-20)15-21(24)19-6-4-3-5-7-19/h1-12H;3-14,16H,15H2,1-2H3/q-1;+1. The number of hydrogen-bond donors (Lipinski definition) is 0. The molecule has 28 heteroatoms. The summed E-state index contributed by atoms with van der Waals surface area (Å²) in [5.74, 6) is 0.601. The van der Waals surface area contributed by atoms with Gasteiger partial charge in [-0.15, -0.1) is 0 Å². The van der Waals surface area contributed by atoms with Gasteiger partial charge in [-0.05, 0) is 35.7 Å². The third kappa shape index (κ3) is 14.7. The van der Waals surface area contributed by atoms with Gasteiger partial charge in [0.05, 0.1) is 50.7 Å². The summed E-state index contributed by atoms with van der Waals surface area (Å²) in [5, 5.41) is 0. The van der Waals surface area contributed by atoms with Gasteiger partial charge in [0.15, 0.2) is 12.4 Å². The molecule has 0 aliphatic carbocycles. The van der Waals surface area contributed by atoms with Crippen molar-refractivity contribution in [2.45, 2.75) is 75.7 Å². The van der Waals surface area contributed by atoms with Gasteiger partial charge in [0.25, 0.3) is 0 Å². The van der Waals surface area contributed by atoms with Crippen molar-refractivity contribution in [2.24, 2.45) is 0 Å². The highest BCUT2D eigenvalue weighted by Gasteiger charge is 2.47. The molecular weight excluding hydrogens is 1150 g/mol. The Kier molecular flexibility index (Phi) is 17.1. The predicted molar refractivity (Wildman–Crippen MR) is 245 cm³/mol. The van der Waals surface area contributed by atoms with Crippen LogP contribution >= 0.6 is 0 Å².